The fourth-order valence-corrected chi connectivity index (χ4v) is 0.786. The van der Waals surface area contributed by atoms with Gasteiger partial charge in [-0.05, 0) is 13.5 Å². The van der Waals surface area contributed by atoms with Crippen LogP contribution < -0.4 is 5.32 Å². The van der Waals surface area contributed by atoms with Crippen molar-refractivity contribution in [1.82, 2.24) is 5.32 Å². The molecule has 0 saturated carbocycles. The Kier molecular flexibility index (Phi) is 10.7. The first-order valence-corrected chi connectivity index (χ1v) is 4.81. The molecule has 0 spiro atoms. The first-order chi connectivity index (χ1) is 6.81. The summed E-state index contributed by atoms with van der Waals surface area (Å²) in [5.74, 6) is 0. The van der Waals surface area contributed by atoms with Crippen molar-refractivity contribution in [2.75, 3.05) is 47.2 Å². The molecular formula is C9H21NO4. The first-order valence-electron chi connectivity index (χ1n) is 4.81. The molecular weight excluding hydrogens is 186 g/mol. The van der Waals surface area contributed by atoms with Crippen molar-refractivity contribution in [2.24, 2.45) is 0 Å². The highest BCUT2D eigenvalue weighted by Crippen LogP contribution is 1.87. The van der Waals surface area contributed by atoms with Gasteiger partial charge < -0.3 is 19.3 Å². The molecule has 0 aliphatic carbocycles. The van der Waals surface area contributed by atoms with Crippen molar-refractivity contribution in [1.29, 1.82) is 0 Å². The lowest BCUT2D eigenvalue weighted by Gasteiger charge is -2.09. The first kappa shape index (κ1) is 13.8. The van der Waals surface area contributed by atoms with Crippen molar-refractivity contribution in [3.63, 3.8) is 0 Å². The van der Waals surface area contributed by atoms with Crippen LogP contribution in [-0.4, -0.2) is 58.5 Å². The zero-order valence-electron chi connectivity index (χ0n) is 8.99. The van der Waals surface area contributed by atoms with Crippen molar-refractivity contribution in [3.8, 4) is 0 Å². The lowest BCUT2D eigenvalue weighted by molar-refractivity contribution is 0.00942. The van der Waals surface area contributed by atoms with Gasteiger partial charge in [0.15, 0.2) is 0 Å². The summed E-state index contributed by atoms with van der Waals surface area (Å²) in [7, 11) is 3.33. The van der Waals surface area contributed by atoms with E-state index in [-0.39, 0.29) is 0 Å². The summed E-state index contributed by atoms with van der Waals surface area (Å²) in [6.45, 7) is 2.83. The third kappa shape index (κ3) is 9.88. The van der Waals surface area contributed by atoms with Crippen LogP contribution in [0.2, 0.25) is 0 Å². The summed E-state index contributed by atoms with van der Waals surface area (Å²) in [6.07, 6.45) is 0.254. The van der Waals surface area contributed by atoms with Crippen LogP contribution in [0.3, 0.4) is 0 Å². The number of aliphatic hydroxyl groups excluding tert-OH is 1. The monoisotopic (exact) mass is 207 g/mol. The Balaban J connectivity index is 2.92. The summed E-state index contributed by atoms with van der Waals surface area (Å²) in [4.78, 5) is 0. The summed E-state index contributed by atoms with van der Waals surface area (Å²) in [5.41, 5.74) is 0. The average Bonchev–Trinajstić information content (AvgIpc) is 2.21. The molecule has 0 radical (unpaired) electrons. The minimum absolute atomic E-state index is 0.314. The van der Waals surface area contributed by atoms with E-state index in [2.05, 4.69) is 5.32 Å². The molecule has 0 fully saturated rings. The quantitative estimate of drug-likeness (QED) is 0.377. The van der Waals surface area contributed by atoms with Crippen molar-refractivity contribution in [3.05, 3.63) is 0 Å². The summed E-state index contributed by atoms with van der Waals surface area (Å²) < 4.78 is 15.2. The smallest absolute Gasteiger partial charge is 0.128 e. The van der Waals surface area contributed by atoms with Crippen LogP contribution in [0.15, 0.2) is 0 Å². The molecule has 0 bridgehead atoms. The molecule has 86 valence electrons. The Bertz CT molecular complexity index is 113. The highest BCUT2D eigenvalue weighted by Gasteiger charge is 1.98. The Morgan fingerprint density at radius 2 is 1.86 bits per heavy atom. The van der Waals surface area contributed by atoms with Gasteiger partial charge in [-0.3, -0.25) is 5.32 Å². The van der Waals surface area contributed by atoms with Gasteiger partial charge in [0.1, 0.15) is 6.23 Å². The van der Waals surface area contributed by atoms with Crippen LogP contribution >= 0.6 is 0 Å². The van der Waals surface area contributed by atoms with E-state index in [1.165, 1.54) is 0 Å². The third-order valence-electron chi connectivity index (χ3n) is 1.62. The molecule has 0 heterocycles. The zero-order valence-corrected chi connectivity index (χ0v) is 8.99. The second kappa shape index (κ2) is 10.9. The molecule has 0 amide bonds. The van der Waals surface area contributed by atoms with E-state index in [9.17, 15) is 0 Å². The molecule has 14 heavy (non-hydrogen) atoms. The average molecular weight is 207 g/mol. The maximum absolute atomic E-state index is 9.05. The second-order valence-electron chi connectivity index (χ2n) is 2.84. The largest absolute Gasteiger partial charge is 0.382 e. The minimum Gasteiger partial charge on any atom is -0.382 e. The summed E-state index contributed by atoms with van der Waals surface area (Å²) in [5, 5.41) is 11.7. The van der Waals surface area contributed by atoms with Gasteiger partial charge in [-0.1, -0.05) is 0 Å². The molecule has 0 aromatic heterocycles. The SMILES string of the molecule is CNC(O)COCCCOCCOC. The van der Waals surface area contributed by atoms with Gasteiger partial charge in [0.2, 0.25) is 0 Å². The molecule has 0 saturated heterocycles. The van der Waals surface area contributed by atoms with Gasteiger partial charge in [-0.2, -0.15) is 0 Å². The number of aliphatic hydroxyl groups is 1. The lowest BCUT2D eigenvalue weighted by atomic mass is 10.5. The summed E-state index contributed by atoms with van der Waals surface area (Å²) in [6, 6.07) is 0. The van der Waals surface area contributed by atoms with Crippen LogP contribution in [0.25, 0.3) is 0 Å². The Labute approximate surface area is 85.3 Å². The standard InChI is InChI=1S/C9H21NO4/c1-10-9(11)8-14-5-3-4-13-7-6-12-2/h9-11H,3-8H2,1-2H3. The fraction of sp³-hybridized carbons (Fsp3) is 1.00. The predicted molar refractivity (Wildman–Crippen MR) is 53.2 cm³/mol. The van der Waals surface area contributed by atoms with E-state index in [0.29, 0.717) is 33.0 Å². The van der Waals surface area contributed by atoms with E-state index in [4.69, 9.17) is 19.3 Å². The number of hydrogen-bond donors (Lipinski definition) is 2. The molecule has 0 aromatic rings. The predicted octanol–water partition coefficient (Wildman–Crippen LogP) is -0.406. The molecule has 0 rings (SSSR count). The number of nitrogens with one attached hydrogen (secondary N) is 1. The fourth-order valence-electron chi connectivity index (χ4n) is 0.786. The van der Waals surface area contributed by atoms with Gasteiger partial charge in [0.05, 0.1) is 19.8 Å². The van der Waals surface area contributed by atoms with Crippen molar-refractivity contribution < 1.29 is 19.3 Å². The Morgan fingerprint density at radius 1 is 1.14 bits per heavy atom. The molecule has 0 aliphatic rings. The molecule has 1 atom stereocenters. The van der Waals surface area contributed by atoms with Gasteiger partial charge in [0.25, 0.3) is 0 Å². The number of hydrogen-bond acceptors (Lipinski definition) is 5. The van der Waals surface area contributed by atoms with E-state index in [1.54, 1.807) is 14.2 Å². The minimum atomic E-state index is -0.579. The van der Waals surface area contributed by atoms with Crippen LogP contribution in [0.1, 0.15) is 6.42 Å². The highest BCUT2D eigenvalue weighted by molar-refractivity contribution is 4.44. The molecule has 1 unspecified atom stereocenters. The number of likely N-dealkylation sites (N-methyl/N-ethyl adjacent to an activating group) is 1. The number of rotatable bonds is 10. The maximum Gasteiger partial charge on any atom is 0.128 e. The number of methoxy groups -OCH3 is 1. The Morgan fingerprint density at radius 3 is 2.50 bits per heavy atom. The van der Waals surface area contributed by atoms with Crippen molar-refractivity contribution >= 4 is 0 Å². The Hall–Kier alpha value is -0.200. The van der Waals surface area contributed by atoms with Gasteiger partial charge in [-0.15, -0.1) is 0 Å². The number of ether oxygens (including phenoxy) is 3. The lowest BCUT2D eigenvalue weighted by Crippen LogP contribution is -2.29. The maximum atomic E-state index is 9.05. The molecule has 5 nitrogen and oxygen atoms in total. The van der Waals surface area contributed by atoms with E-state index in [1.807, 2.05) is 0 Å². The molecule has 2 N–H and O–H groups in total. The van der Waals surface area contributed by atoms with Crippen LogP contribution in [0, 0.1) is 0 Å². The molecule has 0 aromatic carbocycles. The van der Waals surface area contributed by atoms with Gasteiger partial charge in [0, 0.05) is 20.3 Å². The highest BCUT2D eigenvalue weighted by atomic mass is 16.5. The van der Waals surface area contributed by atoms with Crippen LogP contribution in [0.4, 0.5) is 0 Å². The van der Waals surface area contributed by atoms with E-state index >= 15 is 0 Å². The van der Waals surface area contributed by atoms with E-state index in [0.717, 1.165) is 6.42 Å². The van der Waals surface area contributed by atoms with Crippen molar-refractivity contribution in [2.45, 2.75) is 12.6 Å². The second-order valence-corrected chi connectivity index (χ2v) is 2.84. The normalized spacial score (nSPS) is 13.1. The summed E-state index contributed by atoms with van der Waals surface area (Å²) >= 11 is 0. The van der Waals surface area contributed by atoms with Gasteiger partial charge >= 0.3 is 0 Å². The van der Waals surface area contributed by atoms with Gasteiger partial charge in [-0.25, -0.2) is 0 Å². The van der Waals surface area contributed by atoms with E-state index < -0.39 is 6.23 Å². The third-order valence-corrected chi connectivity index (χ3v) is 1.62. The topological polar surface area (TPSA) is 60.0 Å². The molecule has 5 heteroatoms. The van der Waals surface area contributed by atoms with Crippen LogP contribution in [-0.2, 0) is 14.2 Å². The zero-order chi connectivity index (χ0) is 10.6. The van der Waals surface area contributed by atoms with Crippen LogP contribution in [0.5, 0.6) is 0 Å². The molecule has 0 aliphatic heterocycles.